The van der Waals surface area contributed by atoms with Crippen molar-refractivity contribution in [1.82, 2.24) is 4.72 Å². The second-order valence-corrected chi connectivity index (χ2v) is 6.02. The number of sulfonamides is 1. The molecule has 1 aliphatic heterocycles. The number of rotatable bonds is 5. The first-order valence-corrected chi connectivity index (χ1v) is 7.77. The van der Waals surface area contributed by atoms with Crippen LogP contribution in [0.2, 0.25) is 0 Å². The minimum Gasteiger partial charge on any atom is -0.465 e. The number of fused-ring (bicyclic) bond motifs is 1. The minimum atomic E-state index is -3.53. The predicted molar refractivity (Wildman–Crippen MR) is 76.1 cm³/mol. The van der Waals surface area contributed by atoms with Crippen molar-refractivity contribution in [3.63, 3.8) is 0 Å². The zero-order valence-electron chi connectivity index (χ0n) is 11.0. The van der Waals surface area contributed by atoms with E-state index in [0.717, 1.165) is 11.0 Å². The van der Waals surface area contributed by atoms with Gasteiger partial charge in [-0.2, -0.15) is 0 Å². The van der Waals surface area contributed by atoms with Crippen LogP contribution in [0.4, 0.5) is 0 Å². The SMILES string of the molecule is O=S(=O)(C=Cc1ccco1)NCc1ccc2c(c1)OCO2. The molecule has 0 radical (unpaired) electrons. The molecule has 0 amide bonds. The monoisotopic (exact) mass is 307 g/mol. The van der Waals surface area contributed by atoms with Crippen LogP contribution in [0.3, 0.4) is 0 Å². The highest BCUT2D eigenvalue weighted by Crippen LogP contribution is 2.32. The van der Waals surface area contributed by atoms with E-state index in [2.05, 4.69) is 4.72 Å². The Morgan fingerprint density at radius 2 is 2.05 bits per heavy atom. The van der Waals surface area contributed by atoms with Gasteiger partial charge in [0.25, 0.3) is 0 Å². The van der Waals surface area contributed by atoms with Gasteiger partial charge in [-0.25, -0.2) is 13.1 Å². The molecule has 0 saturated heterocycles. The van der Waals surface area contributed by atoms with Crippen LogP contribution in [0.15, 0.2) is 46.4 Å². The molecule has 0 fully saturated rings. The Hall–Kier alpha value is -2.25. The van der Waals surface area contributed by atoms with Gasteiger partial charge < -0.3 is 13.9 Å². The number of nitrogens with one attached hydrogen (secondary N) is 1. The summed E-state index contributed by atoms with van der Waals surface area (Å²) in [4.78, 5) is 0. The first-order chi connectivity index (χ1) is 10.1. The molecule has 0 saturated carbocycles. The van der Waals surface area contributed by atoms with Crippen molar-refractivity contribution < 1.29 is 22.3 Å². The van der Waals surface area contributed by atoms with Crippen LogP contribution in [0.25, 0.3) is 6.08 Å². The molecule has 0 spiro atoms. The zero-order valence-corrected chi connectivity index (χ0v) is 11.8. The maximum Gasteiger partial charge on any atom is 0.234 e. The van der Waals surface area contributed by atoms with Crippen LogP contribution < -0.4 is 14.2 Å². The van der Waals surface area contributed by atoms with Crippen molar-refractivity contribution in [3.8, 4) is 11.5 Å². The third-order valence-electron chi connectivity index (χ3n) is 2.87. The first-order valence-electron chi connectivity index (χ1n) is 6.22. The van der Waals surface area contributed by atoms with Crippen molar-refractivity contribution >= 4 is 16.1 Å². The zero-order chi connectivity index (χ0) is 14.7. The molecule has 1 aromatic heterocycles. The normalized spacial score (nSPS) is 13.9. The lowest BCUT2D eigenvalue weighted by Crippen LogP contribution is -2.20. The topological polar surface area (TPSA) is 77.8 Å². The fourth-order valence-corrected chi connectivity index (χ4v) is 2.60. The van der Waals surface area contributed by atoms with Gasteiger partial charge >= 0.3 is 0 Å². The van der Waals surface area contributed by atoms with Gasteiger partial charge in [-0.3, -0.25) is 0 Å². The summed E-state index contributed by atoms with van der Waals surface area (Å²) in [6.07, 6.45) is 2.87. The van der Waals surface area contributed by atoms with Crippen molar-refractivity contribution in [2.75, 3.05) is 6.79 Å². The van der Waals surface area contributed by atoms with Gasteiger partial charge in [0.05, 0.1) is 6.26 Å². The van der Waals surface area contributed by atoms with Crippen LogP contribution >= 0.6 is 0 Å². The third-order valence-corrected chi connectivity index (χ3v) is 3.91. The molecular formula is C14H13NO5S. The molecule has 3 rings (SSSR count). The lowest BCUT2D eigenvalue weighted by molar-refractivity contribution is 0.174. The third kappa shape index (κ3) is 3.45. The Morgan fingerprint density at radius 1 is 1.19 bits per heavy atom. The Labute approximate surface area is 122 Å². The van der Waals surface area contributed by atoms with Crippen LogP contribution in [-0.4, -0.2) is 15.2 Å². The number of hydrogen-bond acceptors (Lipinski definition) is 5. The van der Waals surface area contributed by atoms with E-state index < -0.39 is 10.0 Å². The van der Waals surface area contributed by atoms with Crippen molar-refractivity contribution in [1.29, 1.82) is 0 Å². The molecule has 6 nitrogen and oxygen atoms in total. The fourth-order valence-electron chi connectivity index (χ4n) is 1.83. The van der Waals surface area contributed by atoms with Gasteiger partial charge in [-0.15, -0.1) is 0 Å². The van der Waals surface area contributed by atoms with E-state index in [9.17, 15) is 8.42 Å². The lowest BCUT2D eigenvalue weighted by atomic mass is 10.2. The van der Waals surface area contributed by atoms with Gasteiger partial charge in [0.1, 0.15) is 5.76 Å². The van der Waals surface area contributed by atoms with Crippen molar-refractivity contribution in [3.05, 3.63) is 53.3 Å². The molecule has 0 unspecified atom stereocenters. The Balaban J connectivity index is 1.64. The Kier molecular flexibility index (Phi) is 3.68. The van der Waals surface area contributed by atoms with Gasteiger partial charge in [-0.1, -0.05) is 6.07 Å². The fraction of sp³-hybridized carbons (Fsp3) is 0.143. The maximum absolute atomic E-state index is 11.8. The van der Waals surface area contributed by atoms with Gasteiger partial charge in [0, 0.05) is 12.0 Å². The first kappa shape index (κ1) is 13.7. The summed E-state index contributed by atoms with van der Waals surface area (Å²) >= 11 is 0. The summed E-state index contributed by atoms with van der Waals surface area (Å²) in [5, 5.41) is 1.07. The lowest BCUT2D eigenvalue weighted by Gasteiger charge is -2.04. The largest absolute Gasteiger partial charge is 0.465 e. The summed E-state index contributed by atoms with van der Waals surface area (Å²) in [6.45, 7) is 0.359. The van der Waals surface area contributed by atoms with Gasteiger partial charge in [0.2, 0.25) is 16.8 Å². The molecule has 2 aromatic rings. The van der Waals surface area contributed by atoms with E-state index in [0.29, 0.717) is 17.3 Å². The van der Waals surface area contributed by atoms with E-state index in [4.69, 9.17) is 13.9 Å². The molecule has 0 bridgehead atoms. The molecule has 0 aliphatic carbocycles. The average Bonchev–Trinajstić information content (AvgIpc) is 3.13. The van der Waals surface area contributed by atoms with E-state index >= 15 is 0 Å². The molecule has 110 valence electrons. The van der Waals surface area contributed by atoms with Gasteiger partial charge in [-0.05, 0) is 35.9 Å². The molecule has 21 heavy (non-hydrogen) atoms. The highest BCUT2D eigenvalue weighted by atomic mass is 32.2. The minimum absolute atomic E-state index is 0.168. The molecule has 2 heterocycles. The quantitative estimate of drug-likeness (QED) is 0.915. The average molecular weight is 307 g/mol. The van der Waals surface area contributed by atoms with Crippen LogP contribution in [0.5, 0.6) is 11.5 Å². The van der Waals surface area contributed by atoms with Crippen molar-refractivity contribution in [2.45, 2.75) is 6.54 Å². The maximum atomic E-state index is 11.8. The summed E-state index contributed by atoms with van der Waals surface area (Å²) in [6, 6.07) is 8.65. The van der Waals surface area contributed by atoms with Gasteiger partial charge in [0.15, 0.2) is 11.5 Å². The van der Waals surface area contributed by atoms with Crippen LogP contribution in [0.1, 0.15) is 11.3 Å². The Bertz CT molecular complexity index is 750. The van der Waals surface area contributed by atoms with E-state index in [1.807, 2.05) is 0 Å². The molecule has 7 heteroatoms. The smallest absolute Gasteiger partial charge is 0.234 e. The molecule has 1 aliphatic rings. The number of hydrogen-bond donors (Lipinski definition) is 1. The molecule has 1 N–H and O–H groups in total. The summed E-state index contributed by atoms with van der Waals surface area (Å²) in [5.41, 5.74) is 0.786. The summed E-state index contributed by atoms with van der Waals surface area (Å²) in [7, 11) is -3.53. The highest BCUT2D eigenvalue weighted by molar-refractivity contribution is 7.92. The summed E-state index contributed by atoms with van der Waals surface area (Å²) in [5.74, 6) is 1.76. The van der Waals surface area contributed by atoms with E-state index in [-0.39, 0.29) is 13.3 Å². The van der Waals surface area contributed by atoms with Crippen LogP contribution in [-0.2, 0) is 16.6 Å². The second-order valence-electron chi connectivity index (χ2n) is 4.37. The molecule has 0 atom stereocenters. The molecular weight excluding hydrogens is 294 g/mol. The number of ether oxygens (including phenoxy) is 2. The van der Waals surface area contributed by atoms with E-state index in [1.165, 1.54) is 12.3 Å². The van der Waals surface area contributed by atoms with Crippen molar-refractivity contribution in [2.24, 2.45) is 0 Å². The van der Waals surface area contributed by atoms with Crippen LogP contribution in [0, 0.1) is 0 Å². The Morgan fingerprint density at radius 3 is 2.86 bits per heavy atom. The van der Waals surface area contributed by atoms with E-state index in [1.54, 1.807) is 30.3 Å². The predicted octanol–water partition coefficient (Wildman–Crippen LogP) is 2.10. The second kappa shape index (κ2) is 5.63. The number of benzene rings is 1. The highest BCUT2D eigenvalue weighted by Gasteiger charge is 2.14. The molecule has 1 aromatic carbocycles. The standard InChI is InChI=1S/C14H13NO5S/c16-21(17,7-5-12-2-1-6-18-12)15-9-11-3-4-13-14(8-11)20-10-19-13/h1-8,15H,9-10H2. The summed E-state index contributed by atoms with van der Waals surface area (Å²) < 4.78 is 41.6. The number of furan rings is 1.